The standard InChI is InChI=1S/C17H17NO5/c1-22-17(21)13-14(12-8-5-9-23-12)18(16(20)15(13)19)10-11-6-3-2-4-7-11/h2-9,13-15,19H,10H2,1H3/t13-,14-,15+/m1/s1. The number of rotatable bonds is 4. The predicted octanol–water partition coefficient (Wildman–Crippen LogP) is 1.51. The van der Waals surface area contributed by atoms with Gasteiger partial charge in [-0.15, -0.1) is 0 Å². The highest BCUT2D eigenvalue weighted by Crippen LogP contribution is 2.40. The van der Waals surface area contributed by atoms with Crippen molar-refractivity contribution in [2.75, 3.05) is 7.11 Å². The molecule has 1 aliphatic rings. The Morgan fingerprint density at radius 1 is 1.26 bits per heavy atom. The summed E-state index contributed by atoms with van der Waals surface area (Å²) in [5.41, 5.74) is 0.898. The molecule has 1 aromatic carbocycles. The molecular formula is C17H17NO5. The summed E-state index contributed by atoms with van der Waals surface area (Å²) in [7, 11) is 1.23. The van der Waals surface area contributed by atoms with Gasteiger partial charge in [-0.25, -0.2) is 0 Å². The van der Waals surface area contributed by atoms with Crippen LogP contribution in [0.25, 0.3) is 0 Å². The predicted molar refractivity (Wildman–Crippen MR) is 80.0 cm³/mol. The third-order valence-electron chi connectivity index (χ3n) is 4.06. The molecule has 0 aliphatic carbocycles. The highest BCUT2D eigenvalue weighted by atomic mass is 16.5. The number of carbonyl (C=O) groups excluding carboxylic acids is 2. The zero-order chi connectivity index (χ0) is 16.4. The molecule has 6 nitrogen and oxygen atoms in total. The van der Waals surface area contributed by atoms with Gasteiger partial charge >= 0.3 is 5.97 Å². The monoisotopic (exact) mass is 315 g/mol. The molecule has 0 radical (unpaired) electrons. The van der Waals surface area contributed by atoms with Gasteiger partial charge in [0.25, 0.3) is 5.91 Å². The van der Waals surface area contributed by atoms with Crippen LogP contribution in [0.15, 0.2) is 53.1 Å². The first-order valence-corrected chi connectivity index (χ1v) is 7.27. The van der Waals surface area contributed by atoms with Gasteiger partial charge in [0, 0.05) is 6.54 Å². The van der Waals surface area contributed by atoms with Crippen LogP contribution in [0.1, 0.15) is 17.4 Å². The van der Waals surface area contributed by atoms with Crippen LogP contribution in [0.3, 0.4) is 0 Å². The number of benzene rings is 1. The third-order valence-corrected chi connectivity index (χ3v) is 4.06. The number of hydrogen-bond donors (Lipinski definition) is 1. The fraction of sp³-hybridized carbons (Fsp3) is 0.294. The molecule has 1 aliphatic heterocycles. The first kappa shape index (κ1) is 15.3. The number of ether oxygens (including phenoxy) is 1. The number of carbonyl (C=O) groups is 2. The van der Waals surface area contributed by atoms with E-state index in [4.69, 9.17) is 9.15 Å². The second kappa shape index (κ2) is 6.26. The Morgan fingerprint density at radius 2 is 2.00 bits per heavy atom. The second-order valence-corrected chi connectivity index (χ2v) is 5.41. The molecule has 0 unspecified atom stereocenters. The first-order valence-electron chi connectivity index (χ1n) is 7.27. The van der Waals surface area contributed by atoms with Crippen molar-refractivity contribution >= 4 is 11.9 Å². The van der Waals surface area contributed by atoms with Crippen LogP contribution in [0.5, 0.6) is 0 Å². The lowest BCUT2D eigenvalue weighted by molar-refractivity contribution is -0.150. The lowest BCUT2D eigenvalue weighted by Crippen LogP contribution is -2.30. The van der Waals surface area contributed by atoms with Crippen LogP contribution in [-0.2, 0) is 20.9 Å². The summed E-state index contributed by atoms with van der Waals surface area (Å²) in [6.45, 7) is 0.273. The van der Waals surface area contributed by atoms with Crippen molar-refractivity contribution in [3.63, 3.8) is 0 Å². The smallest absolute Gasteiger partial charge is 0.314 e. The van der Waals surface area contributed by atoms with E-state index in [9.17, 15) is 14.7 Å². The van der Waals surface area contributed by atoms with Crippen molar-refractivity contribution in [1.29, 1.82) is 0 Å². The van der Waals surface area contributed by atoms with E-state index in [-0.39, 0.29) is 6.54 Å². The zero-order valence-corrected chi connectivity index (χ0v) is 12.6. The number of aliphatic hydroxyl groups excluding tert-OH is 1. The lowest BCUT2D eigenvalue weighted by Gasteiger charge is -2.25. The Labute approximate surface area is 133 Å². The average Bonchev–Trinajstić information content (AvgIpc) is 3.18. The number of furan rings is 1. The van der Waals surface area contributed by atoms with Crippen molar-refractivity contribution in [3.05, 3.63) is 60.1 Å². The first-order chi connectivity index (χ1) is 11.1. The fourth-order valence-corrected chi connectivity index (χ4v) is 2.97. The number of methoxy groups -OCH3 is 1. The van der Waals surface area contributed by atoms with E-state index in [1.807, 2.05) is 30.3 Å². The Kier molecular flexibility index (Phi) is 4.16. The molecule has 1 N–H and O–H groups in total. The molecule has 120 valence electrons. The molecular weight excluding hydrogens is 298 g/mol. The third kappa shape index (κ3) is 2.73. The van der Waals surface area contributed by atoms with Crippen LogP contribution in [-0.4, -0.2) is 35.1 Å². The molecule has 3 atom stereocenters. The number of likely N-dealkylation sites (tertiary alicyclic amines) is 1. The van der Waals surface area contributed by atoms with E-state index >= 15 is 0 Å². The fourth-order valence-electron chi connectivity index (χ4n) is 2.97. The van der Waals surface area contributed by atoms with E-state index in [1.54, 1.807) is 12.1 Å². The Hall–Kier alpha value is -2.60. The van der Waals surface area contributed by atoms with Gasteiger partial charge in [0.05, 0.1) is 13.4 Å². The minimum atomic E-state index is -1.44. The summed E-state index contributed by atoms with van der Waals surface area (Å²) >= 11 is 0. The molecule has 2 aromatic rings. The van der Waals surface area contributed by atoms with Crippen molar-refractivity contribution < 1.29 is 23.8 Å². The SMILES string of the molecule is COC(=O)[C@H]1[C@H](O)C(=O)N(Cc2ccccc2)[C@@H]1c1ccco1. The summed E-state index contributed by atoms with van der Waals surface area (Å²) < 4.78 is 10.2. The molecule has 3 rings (SSSR count). The van der Waals surface area contributed by atoms with E-state index in [1.165, 1.54) is 18.3 Å². The zero-order valence-electron chi connectivity index (χ0n) is 12.6. The van der Waals surface area contributed by atoms with Gasteiger partial charge < -0.3 is 19.2 Å². The molecule has 2 heterocycles. The maximum atomic E-state index is 12.5. The van der Waals surface area contributed by atoms with Crippen LogP contribution in [0, 0.1) is 5.92 Å². The summed E-state index contributed by atoms with van der Waals surface area (Å²) in [5.74, 6) is -1.71. The molecule has 1 amide bonds. The summed E-state index contributed by atoms with van der Waals surface area (Å²) in [6, 6.07) is 12.0. The molecule has 1 saturated heterocycles. The van der Waals surface area contributed by atoms with Crippen LogP contribution < -0.4 is 0 Å². The molecule has 1 fully saturated rings. The Morgan fingerprint density at radius 3 is 2.61 bits per heavy atom. The van der Waals surface area contributed by atoms with Crippen LogP contribution >= 0.6 is 0 Å². The molecule has 1 aromatic heterocycles. The number of aliphatic hydroxyl groups is 1. The van der Waals surface area contributed by atoms with Gasteiger partial charge in [-0.1, -0.05) is 30.3 Å². The van der Waals surface area contributed by atoms with Gasteiger partial charge in [-0.2, -0.15) is 0 Å². The van der Waals surface area contributed by atoms with E-state index < -0.39 is 29.9 Å². The van der Waals surface area contributed by atoms with Gasteiger partial charge in [-0.05, 0) is 17.7 Å². The van der Waals surface area contributed by atoms with Crippen molar-refractivity contribution in [2.24, 2.45) is 5.92 Å². The van der Waals surface area contributed by atoms with Gasteiger partial charge in [0.2, 0.25) is 0 Å². The second-order valence-electron chi connectivity index (χ2n) is 5.41. The molecule has 0 spiro atoms. The minimum absolute atomic E-state index is 0.273. The summed E-state index contributed by atoms with van der Waals surface area (Å²) in [6.07, 6.45) is 0.0285. The number of hydrogen-bond acceptors (Lipinski definition) is 5. The van der Waals surface area contributed by atoms with E-state index in [0.717, 1.165) is 5.56 Å². The van der Waals surface area contributed by atoms with Crippen molar-refractivity contribution in [1.82, 2.24) is 4.90 Å². The molecule has 0 bridgehead atoms. The Balaban J connectivity index is 1.98. The minimum Gasteiger partial charge on any atom is -0.469 e. The number of nitrogens with zero attached hydrogens (tertiary/aromatic N) is 1. The highest BCUT2D eigenvalue weighted by molar-refractivity contribution is 5.91. The number of amides is 1. The highest BCUT2D eigenvalue weighted by Gasteiger charge is 2.53. The van der Waals surface area contributed by atoms with E-state index in [2.05, 4.69) is 0 Å². The van der Waals surface area contributed by atoms with Crippen LogP contribution in [0.4, 0.5) is 0 Å². The lowest BCUT2D eigenvalue weighted by atomic mass is 9.96. The quantitative estimate of drug-likeness (QED) is 0.865. The topological polar surface area (TPSA) is 80.0 Å². The molecule has 23 heavy (non-hydrogen) atoms. The van der Waals surface area contributed by atoms with E-state index in [0.29, 0.717) is 5.76 Å². The maximum absolute atomic E-state index is 12.5. The maximum Gasteiger partial charge on any atom is 0.314 e. The normalized spacial score (nSPS) is 24.0. The van der Waals surface area contributed by atoms with Crippen LogP contribution in [0.2, 0.25) is 0 Å². The van der Waals surface area contributed by atoms with Crippen molar-refractivity contribution in [2.45, 2.75) is 18.7 Å². The average molecular weight is 315 g/mol. The van der Waals surface area contributed by atoms with Gasteiger partial charge in [0.1, 0.15) is 23.8 Å². The van der Waals surface area contributed by atoms with Crippen molar-refractivity contribution in [3.8, 4) is 0 Å². The summed E-state index contributed by atoms with van der Waals surface area (Å²) in [4.78, 5) is 26.0. The van der Waals surface area contributed by atoms with Gasteiger partial charge in [-0.3, -0.25) is 9.59 Å². The molecule has 6 heteroatoms. The molecule has 0 saturated carbocycles. The number of esters is 1. The summed E-state index contributed by atoms with van der Waals surface area (Å²) in [5, 5.41) is 10.2. The largest absolute Gasteiger partial charge is 0.469 e. The van der Waals surface area contributed by atoms with Gasteiger partial charge in [0.15, 0.2) is 0 Å². The Bertz CT molecular complexity index is 682.